The fourth-order valence-electron chi connectivity index (χ4n) is 3.65. The molecule has 0 saturated carbocycles. The molecule has 1 heterocycles. The summed E-state index contributed by atoms with van der Waals surface area (Å²) in [5.74, 6) is -0.614. The van der Waals surface area contributed by atoms with Crippen molar-refractivity contribution >= 4 is 29.1 Å². The van der Waals surface area contributed by atoms with Crippen LogP contribution in [0.15, 0.2) is 48.0 Å². The maximum absolute atomic E-state index is 13.1. The number of hydrogen-bond donors (Lipinski definition) is 1. The van der Waals surface area contributed by atoms with Crippen LogP contribution in [0.3, 0.4) is 0 Å². The van der Waals surface area contributed by atoms with Crippen LogP contribution in [0.25, 0.3) is 5.76 Å². The number of ether oxygens (including phenoxy) is 2. The summed E-state index contributed by atoms with van der Waals surface area (Å²) in [6, 6.07) is 11.1. The first-order chi connectivity index (χ1) is 15.3. The summed E-state index contributed by atoms with van der Waals surface area (Å²) < 4.78 is 10.8. The third-order valence-electron chi connectivity index (χ3n) is 5.24. The van der Waals surface area contributed by atoms with Gasteiger partial charge in [-0.05, 0) is 56.9 Å². The van der Waals surface area contributed by atoms with E-state index in [4.69, 9.17) is 21.1 Å². The molecule has 1 atom stereocenters. The molecule has 1 saturated heterocycles. The van der Waals surface area contributed by atoms with Crippen LogP contribution in [0.4, 0.5) is 0 Å². The van der Waals surface area contributed by atoms with E-state index in [1.165, 1.54) is 11.0 Å². The standard InChI is InChI=1S/C24H27ClN2O5/c1-5-32-19-10-9-16(14-18(19)25)22(28)20-21(15-7-6-8-17(13-15)31-4)27(12-11-26(2)3)24(30)23(20)29/h6-10,13-14,21,28H,5,11-12H2,1-4H3/b22-20+/t21-/m1/s1. The zero-order valence-corrected chi connectivity index (χ0v) is 19.3. The van der Waals surface area contributed by atoms with E-state index in [2.05, 4.69) is 0 Å². The Bertz CT molecular complexity index is 1050. The van der Waals surface area contributed by atoms with Crippen molar-refractivity contribution in [2.24, 2.45) is 0 Å². The van der Waals surface area contributed by atoms with Gasteiger partial charge in [0.05, 0.1) is 30.4 Å². The van der Waals surface area contributed by atoms with E-state index in [1.807, 2.05) is 25.9 Å². The molecule has 0 aliphatic carbocycles. The second-order valence-electron chi connectivity index (χ2n) is 7.65. The molecular formula is C24H27ClN2O5. The van der Waals surface area contributed by atoms with Crippen molar-refractivity contribution in [3.05, 3.63) is 64.2 Å². The number of ketones is 1. The van der Waals surface area contributed by atoms with Crippen molar-refractivity contribution in [1.82, 2.24) is 9.80 Å². The minimum absolute atomic E-state index is 0.0160. The third-order valence-corrected chi connectivity index (χ3v) is 5.54. The van der Waals surface area contributed by atoms with Crippen LogP contribution in [0.2, 0.25) is 5.02 Å². The van der Waals surface area contributed by atoms with E-state index in [1.54, 1.807) is 43.5 Å². The number of aliphatic hydroxyl groups excluding tert-OH is 1. The number of aliphatic hydroxyl groups is 1. The molecule has 1 aliphatic heterocycles. The maximum atomic E-state index is 13.1. The highest BCUT2D eigenvalue weighted by Gasteiger charge is 2.46. The molecule has 2 aromatic rings. The molecule has 2 aromatic carbocycles. The van der Waals surface area contributed by atoms with Gasteiger partial charge in [0.25, 0.3) is 11.7 Å². The van der Waals surface area contributed by atoms with E-state index >= 15 is 0 Å². The number of amides is 1. The van der Waals surface area contributed by atoms with Crippen molar-refractivity contribution in [3.63, 3.8) is 0 Å². The van der Waals surface area contributed by atoms with E-state index < -0.39 is 17.7 Å². The summed E-state index contributed by atoms with van der Waals surface area (Å²) in [4.78, 5) is 29.4. The zero-order valence-electron chi connectivity index (χ0n) is 18.6. The Morgan fingerprint density at radius 3 is 2.56 bits per heavy atom. The molecule has 32 heavy (non-hydrogen) atoms. The van der Waals surface area contributed by atoms with Gasteiger partial charge in [-0.1, -0.05) is 23.7 Å². The van der Waals surface area contributed by atoms with Crippen LogP contribution in [0.1, 0.15) is 24.1 Å². The Morgan fingerprint density at radius 1 is 1.19 bits per heavy atom. The summed E-state index contributed by atoms with van der Waals surface area (Å²) >= 11 is 6.29. The molecule has 170 valence electrons. The summed E-state index contributed by atoms with van der Waals surface area (Å²) in [7, 11) is 5.32. The largest absolute Gasteiger partial charge is 0.507 e. The van der Waals surface area contributed by atoms with Crippen LogP contribution in [0, 0.1) is 0 Å². The summed E-state index contributed by atoms with van der Waals surface area (Å²) in [6.45, 7) is 3.16. The van der Waals surface area contributed by atoms with Crippen molar-refractivity contribution in [1.29, 1.82) is 0 Å². The number of likely N-dealkylation sites (tertiary alicyclic amines) is 1. The molecule has 8 heteroatoms. The van der Waals surface area contributed by atoms with Gasteiger partial charge in [0.15, 0.2) is 0 Å². The number of rotatable bonds is 8. The molecule has 0 spiro atoms. The Balaban J connectivity index is 2.14. The Hall–Kier alpha value is -3.03. The molecule has 0 radical (unpaired) electrons. The predicted molar refractivity (Wildman–Crippen MR) is 123 cm³/mol. The van der Waals surface area contributed by atoms with Gasteiger partial charge in [-0.3, -0.25) is 9.59 Å². The Morgan fingerprint density at radius 2 is 1.94 bits per heavy atom. The molecule has 0 aromatic heterocycles. The molecule has 1 amide bonds. The van der Waals surface area contributed by atoms with Gasteiger partial charge in [0.2, 0.25) is 0 Å². The minimum atomic E-state index is -0.754. The van der Waals surface area contributed by atoms with Gasteiger partial charge in [-0.2, -0.15) is 0 Å². The molecule has 3 rings (SSSR count). The van der Waals surface area contributed by atoms with E-state index in [9.17, 15) is 14.7 Å². The molecule has 1 N–H and O–H groups in total. The fourth-order valence-corrected chi connectivity index (χ4v) is 3.89. The molecule has 1 fully saturated rings. The van der Waals surface area contributed by atoms with Gasteiger partial charge in [0.1, 0.15) is 17.3 Å². The first kappa shape index (κ1) is 23.6. The SMILES string of the molecule is CCOc1ccc(/C(O)=C2\C(=O)C(=O)N(CCN(C)C)[C@@H]2c2cccc(OC)c2)cc1Cl. The second kappa shape index (κ2) is 10.1. The number of nitrogens with zero attached hydrogens (tertiary/aromatic N) is 2. The first-order valence-corrected chi connectivity index (χ1v) is 10.7. The number of benzene rings is 2. The second-order valence-corrected chi connectivity index (χ2v) is 8.06. The fraction of sp³-hybridized carbons (Fsp3) is 0.333. The highest BCUT2D eigenvalue weighted by atomic mass is 35.5. The van der Waals surface area contributed by atoms with Crippen molar-refractivity contribution in [2.45, 2.75) is 13.0 Å². The highest BCUT2D eigenvalue weighted by Crippen LogP contribution is 2.40. The molecule has 0 unspecified atom stereocenters. The van der Waals surface area contributed by atoms with E-state index in [0.29, 0.717) is 47.3 Å². The van der Waals surface area contributed by atoms with Crippen LogP contribution < -0.4 is 9.47 Å². The third kappa shape index (κ3) is 4.74. The molecular weight excluding hydrogens is 432 g/mol. The van der Waals surface area contributed by atoms with Crippen LogP contribution >= 0.6 is 11.6 Å². The topological polar surface area (TPSA) is 79.3 Å². The smallest absolute Gasteiger partial charge is 0.295 e. The summed E-state index contributed by atoms with van der Waals surface area (Å²) in [5.41, 5.74) is 1.01. The Labute approximate surface area is 192 Å². The first-order valence-electron chi connectivity index (χ1n) is 10.3. The average molecular weight is 459 g/mol. The van der Waals surface area contributed by atoms with Gasteiger partial charge in [-0.15, -0.1) is 0 Å². The number of hydrogen-bond acceptors (Lipinski definition) is 6. The van der Waals surface area contributed by atoms with Crippen molar-refractivity contribution in [3.8, 4) is 11.5 Å². The summed E-state index contributed by atoms with van der Waals surface area (Å²) in [6.07, 6.45) is 0. The number of halogens is 1. The van der Waals surface area contributed by atoms with Gasteiger partial charge >= 0.3 is 0 Å². The normalized spacial score (nSPS) is 17.8. The van der Waals surface area contributed by atoms with Gasteiger partial charge in [0, 0.05) is 18.7 Å². The minimum Gasteiger partial charge on any atom is -0.507 e. The van der Waals surface area contributed by atoms with E-state index in [-0.39, 0.29) is 11.3 Å². The van der Waals surface area contributed by atoms with Crippen molar-refractivity contribution < 1.29 is 24.2 Å². The lowest BCUT2D eigenvalue weighted by molar-refractivity contribution is -0.140. The number of carbonyl (C=O) groups is 2. The number of methoxy groups -OCH3 is 1. The van der Waals surface area contributed by atoms with Crippen molar-refractivity contribution in [2.75, 3.05) is 40.9 Å². The molecule has 0 bridgehead atoms. The predicted octanol–water partition coefficient (Wildman–Crippen LogP) is 3.73. The lowest BCUT2D eigenvalue weighted by Gasteiger charge is -2.26. The molecule has 7 nitrogen and oxygen atoms in total. The van der Waals surface area contributed by atoms with Gasteiger partial charge < -0.3 is 24.4 Å². The highest BCUT2D eigenvalue weighted by molar-refractivity contribution is 6.46. The molecule has 1 aliphatic rings. The van der Waals surface area contributed by atoms with Gasteiger partial charge in [-0.25, -0.2) is 0 Å². The lowest BCUT2D eigenvalue weighted by atomic mass is 9.95. The summed E-state index contributed by atoms with van der Waals surface area (Å²) in [5, 5.41) is 11.4. The Kier molecular flexibility index (Phi) is 7.43. The quantitative estimate of drug-likeness (QED) is 0.369. The lowest BCUT2D eigenvalue weighted by Crippen LogP contribution is -2.35. The van der Waals surface area contributed by atoms with E-state index in [0.717, 1.165) is 0 Å². The number of carbonyl (C=O) groups excluding carboxylic acids is 2. The maximum Gasteiger partial charge on any atom is 0.295 e. The van der Waals surface area contributed by atoms with Crippen LogP contribution in [-0.2, 0) is 9.59 Å². The number of Topliss-reactive ketones (excluding diaryl/α,β-unsaturated/α-hetero) is 1. The average Bonchev–Trinajstić information content (AvgIpc) is 3.03. The monoisotopic (exact) mass is 458 g/mol. The van der Waals surface area contributed by atoms with Crippen LogP contribution in [-0.4, -0.2) is 67.5 Å². The number of likely N-dealkylation sites (N-methyl/N-ethyl adjacent to an activating group) is 1. The zero-order chi connectivity index (χ0) is 23.4. The van der Waals surface area contributed by atoms with Crippen LogP contribution in [0.5, 0.6) is 11.5 Å².